The number of nitrogens with zero attached hydrogens (tertiary/aromatic N) is 1. The Bertz CT molecular complexity index is 939. The van der Waals surface area contributed by atoms with Crippen molar-refractivity contribution in [3.8, 4) is 11.5 Å². The first-order valence-electron chi connectivity index (χ1n) is 7.46. The second-order valence-electron chi connectivity index (χ2n) is 5.44. The van der Waals surface area contributed by atoms with E-state index in [1.165, 1.54) is 0 Å². The van der Waals surface area contributed by atoms with Gasteiger partial charge in [0.05, 0.1) is 17.6 Å². The minimum Gasteiger partial charge on any atom is -0.481 e. The molecule has 0 aliphatic carbocycles. The lowest BCUT2D eigenvalue weighted by atomic mass is 10.1. The normalized spacial score (nSPS) is 12.3. The van der Waals surface area contributed by atoms with E-state index in [0.717, 1.165) is 22.3 Å². The van der Waals surface area contributed by atoms with Gasteiger partial charge in [-0.05, 0) is 24.3 Å². The van der Waals surface area contributed by atoms with Gasteiger partial charge in [0.25, 0.3) is 0 Å². The van der Waals surface area contributed by atoms with Crippen LogP contribution in [0.15, 0.2) is 48.5 Å². The van der Waals surface area contributed by atoms with Crippen molar-refractivity contribution in [3.63, 3.8) is 0 Å². The average Bonchev–Trinajstić information content (AvgIpc) is 3.02. The zero-order chi connectivity index (χ0) is 16.5. The number of hydrogen-bond donors (Lipinski definition) is 2. The van der Waals surface area contributed by atoms with Crippen molar-refractivity contribution in [3.05, 3.63) is 54.2 Å². The van der Waals surface area contributed by atoms with Crippen LogP contribution in [-0.4, -0.2) is 22.9 Å². The summed E-state index contributed by atoms with van der Waals surface area (Å²) in [6.45, 7) is 0.222. The summed E-state index contributed by atoms with van der Waals surface area (Å²) in [6.07, 6.45) is -0.124. The second-order valence-corrected chi connectivity index (χ2v) is 5.44. The zero-order valence-corrected chi connectivity index (χ0v) is 12.7. The monoisotopic (exact) mass is 322 g/mol. The standard InChI is InChI=1S/C18H14N2O4/c21-18(22)9-12-7-15(13-3-1-2-4-14(13)20-12)19-11-5-6-16-17(8-11)24-10-23-16/h1-8H,9-10H2,(H,19,20)(H,21,22). The van der Waals surface area contributed by atoms with E-state index < -0.39 is 5.97 Å². The number of rotatable bonds is 4. The highest BCUT2D eigenvalue weighted by molar-refractivity contribution is 5.93. The van der Waals surface area contributed by atoms with Crippen LogP contribution in [0.5, 0.6) is 11.5 Å². The van der Waals surface area contributed by atoms with E-state index >= 15 is 0 Å². The van der Waals surface area contributed by atoms with Gasteiger partial charge in [-0.1, -0.05) is 18.2 Å². The molecule has 24 heavy (non-hydrogen) atoms. The molecule has 0 saturated carbocycles. The van der Waals surface area contributed by atoms with Crippen molar-refractivity contribution in [2.24, 2.45) is 0 Å². The van der Waals surface area contributed by atoms with E-state index in [2.05, 4.69) is 10.3 Å². The van der Waals surface area contributed by atoms with E-state index in [-0.39, 0.29) is 13.2 Å². The predicted octanol–water partition coefficient (Wildman–Crippen LogP) is 3.33. The highest BCUT2D eigenvalue weighted by Gasteiger charge is 2.14. The van der Waals surface area contributed by atoms with Crippen LogP contribution >= 0.6 is 0 Å². The molecule has 0 amide bonds. The van der Waals surface area contributed by atoms with Crippen LogP contribution in [0.25, 0.3) is 10.9 Å². The largest absolute Gasteiger partial charge is 0.481 e. The summed E-state index contributed by atoms with van der Waals surface area (Å²) in [5.74, 6) is 0.489. The summed E-state index contributed by atoms with van der Waals surface area (Å²) in [4.78, 5) is 15.4. The Balaban J connectivity index is 1.75. The first-order chi connectivity index (χ1) is 11.7. The van der Waals surface area contributed by atoms with Gasteiger partial charge in [-0.25, -0.2) is 0 Å². The fourth-order valence-corrected chi connectivity index (χ4v) is 2.71. The highest BCUT2D eigenvalue weighted by Crippen LogP contribution is 2.36. The van der Waals surface area contributed by atoms with Crippen LogP contribution in [0.1, 0.15) is 5.69 Å². The van der Waals surface area contributed by atoms with E-state index in [9.17, 15) is 4.79 Å². The van der Waals surface area contributed by atoms with Gasteiger partial charge in [-0.15, -0.1) is 0 Å². The molecule has 0 bridgehead atoms. The van der Waals surface area contributed by atoms with Crippen molar-refractivity contribution >= 4 is 28.2 Å². The summed E-state index contributed by atoms with van der Waals surface area (Å²) in [7, 11) is 0. The first-order valence-corrected chi connectivity index (χ1v) is 7.46. The number of para-hydroxylation sites is 1. The molecule has 0 fully saturated rings. The number of anilines is 2. The summed E-state index contributed by atoms with van der Waals surface area (Å²) in [6, 6.07) is 15.0. The maximum Gasteiger partial charge on any atom is 0.309 e. The number of aliphatic carboxylic acids is 1. The number of carbonyl (C=O) groups is 1. The molecule has 1 aliphatic heterocycles. The molecular formula is C18H14N2O4. The lowest BCUT2D eigenvalue weighted by molar-refractivity contribution is -0.136. The maximum atomic E-state index is 11.0. The van der Waals surface area contributed by atoms with Crippen LogP contribution in [0.3, 0.4) is 0 Å². The number of hydrogen-bond acceptors (Lipinski definition) is 5. The number of nitrogens with one attached hydrogen (secondary N) is 1. The van der Waals surface area contributed by atoms with Crippen LogP contribution < -0.4 is 14.8 Å². The Hall–Kier alpha value is -3.28. The summed E-state index contributed by atoms with van der Waals surface area (Å²) >= 11 is 0. The third-order valence-corrected chi connectivity index (χ3v) is 3.75. The Kier molecular flexibility index (Phi) is 3.42. The first kappa shape index (κ1) is 14.3. The van der Waals surface area contributed by atoms with Gasteiger partial charge in [-0.3, -0.25) is 9.78 Å². The second kappa shape index (κ2) is 5.73. The lowest BCUT2D eigenvalue weighted by Gasteiger charge is -2.12. The molecule has 0 unspecified atom stereocenters. The molecule has 2 heterocycles. The van der Waals surface area contributed by atoms with Gasteiger partial charge in [0.1, 0.15) is 0 Å². The Morgan fingerprint density at radius 3 is 2.83 bits per heavy atom. The van der Waals surface area contributed by atoms with Crippen molar-refractivity contribution < 1.29 is 19.4 Å². The van der Waals surface area contributed by atoms with Crippen LogP contribution in [-0.2, 0) is 11.2 Å². The minimum atomic E-state index is -0.910. The van der Waals surface area contributed by atoms with Gasteiger partial charge in [0, 0.05) is 22.8 Å². The van der Waals surface area contributed by atoms with E-state index in [0.29, 0.717) is 17.2 Å². The molecule has 3 aromatic rings. The quantitative estimate of drug-likeness (QED) is 0.767. The van der Waals surface area contributed by atoms with E-state index in [4.69, 9.17) is 14.6 Å². The number of benzene rings is 2. The van der Waals surface area contributed by atoms with Crippen LogP contribution in [0.4, 0.5) is 11.4 Å². The van der Waals surface area contributed by atoms with Gasteiger partial charge in [0.2, 0.25) is 6.79 Å². The smallest absolute Gasteiger partial charge is 0.309 e. The Morgan fingerprint density at radius 1 is 1.12 bits per heavy atom. The molecule has 2 aromatic carbocycles. The summed E-state index contributed by atoms with van der Waals surface area (Å²) < 4.78 is 10.7. The fraction of sp³-hybridized carbons (Fsp3) is 0.111. The van der Waals surface area contributed by atoms with Crippen molar-refractivity contribution in [2.45, 2.75) is 6.42 Å². The molecule has 1 aliphatic rings. The summed E-state index contributed by atoms with van der Waals surface area (Å²) in [5.41, 5.74) is 2.89. The molecule has 0 spiro atoms. The molecule has 4 rings (SSSR count). The minimum absolute atomic E-state index is 0.124. The van der Waals surface area contributed by atoms with Gasteiger partial charge < -0.3 is 19.9 Å². The number of carboxylic acid groups (broad SMARTS) is 1. The SMILES string of the molecule is O=C(O)Cc1cc(Nc2ccc3c(c2)OCO3)c2ccccc2n1. The van der Waals surface area contributed by atoms with Crippen molar-refractivity contribution in [2.75, 3.05) is 12.1 Å². The number of ether oxygens (including phenoxy) is 2. The molecule has 6 heteroatoms. The summed E-state index contributed by atoms with van der Waals surface area (Å²) in [5, 5.41) is 13.3. The maximum absolute atomic E-state index is 11.0. The topological polar surface area (TPSA) is 80.7 Å². The molecule has 0 radical (unpaired) electrons. The number of aromatic nitrogens is 1. The van der Waals surface area contributed by atoms with Crippen LogP contribution in [0, 0.1) is 0 Å². The van der Waals surface area contributed by atoms with Gasteiger partial charge >= 0.3 is 5.97 Å². The highest BCUT2D eigenvalue weighted by atomic mass is 16.7. The number of fused-ring (bicyclic) bond motifs is 2. The van der Waals surface area contributed by atoms with Gasteiger partial charge in [0.15, 0.2) is 11.5 Å². The van der Waals surface area contributed by atoms with E-state index in [1.807, 2.05) is 42.5 Å². The Labute approximate surface area is 137 Å². The molecule has 1 aromatic heterocycles. The zero-order valence-electron chi connectivity index (χ0n) is 12.7. The predicted molar refractivity (Wildman–Crippen MR) is 88.9 cm³/mol. The molecule has 120 valence electrons. The molecule has 0 atom stereocenters. The number of carboxylic acids is 1. The lowest BCUT2D eigenvalue weighted by Crippen LogP contribution is -2.04. The van der Waals surface area contributed by atoms with Crippen molar-refractivity contribution in [1.29, 1.82) is 0 Å². The third kappa shape index (κ3) is 2.69. The molecular weight excluding hydrogens is 308 g/mol. The molecule has 2 N–H and O–H groups in total. The Morgan fingerprint density at radius 2 is 1.96 bits per heavy atom. The fourth-order valence-electron chi connectivity index (χ4n) is 2.71. The van der Waals surface area contributed by atoms with Crippen LogP contribution in [0.2, 0.25) is 0 Å². The van der Waals surface area contributed by atoms with Crippen molar-refractivity contribution in [1.82, 2.24) is 4.98 Å². The van der Waals surface area contributed by atoms with E-state index in [1.54, 1.807) is 6.07 Å². The van der Waals surface area contributed by atoms with Gasteiger partial charge in [-0.2, -0.15) is 0 Å². The number of pyridine rings is 1. The average molecular weight is 322 g/mol. The molecule has 0 saturated heterocycles. The third-order valence-electron chi connectivity index (χ3n) is 3.75. The molecule has 6 nitrogen and oxygen atoms in total.